The van der Waals surface area contributed by atoms with Crippen LogP contribution in [0.2, 0.25) is 0 Å². The number of esters is 2. The highest BCUT2D eigenvalue weighted by Crippen LogP contribution is 2.04. The van der Waals surface area contributed by atoms with Gasteiger partial charge in [-0.05, 0) is 12.1 Å². The molecule has 0 spiro atoms. The van der Waals surface area contributed by atoms with Crippen molar-refractivity contribution in [3.05, 3.63) is 35.9 Å². The van der Waals surface area contributed by atoms with E-state index in [0.717, 1.165) is 14.2 Å². The van der Waals surface area contributed by atoms with Gasteiger partial charge in [0.1, 0.15) is 0 Å². The first-order valence-electron chi connectivity index (χ1n) is 6.03. The highest BCUT2D eigenvalue weighted by Gasteiger charge is 2.35. The largest absolute Gasteiger partial charge is 0.468 e. The molecule has 0 bridgehead atoms. The average molecular weight is 293 g/mol. The van der Waals surface area contributed by atoms with Gasteiger partial charge in [0.2, 0.25) is 5.92 Å². The maximum absolute atomic E-state index is 11.9. The molecule has 0 atom stereocenters. The fourth-order valence-electron chi connectivity index (χ4n) is 1.56. The van der Waals surface area contributed by atoms with Gasteiger partial charge in [0, 0.05) is 5.56 Å². The number of nitrogens with one attached hydrogen (secondary N) is 1. The lowest BCUT2D eigenvalue weighted by molar-refractivity contribution is -0.161. The Kier molecular flexibility index (Phi) is 6.06. The van der Waals surface area contributed by atoms with E-state index in [1.165, 1.54) is 0 Å². The summed E-state index contributed by atoms with van der Waals surface area (Å²) < 4.78 is 8.75. The fourth-order valence-corrected chi connectivity index (χ4v) is 1.56. The van der Waals surface area contributed by atoms with Gasteiger partial charge < -0.3 is 14.8 Å². The number of ketones is 1. The molecule has 1 rings (SSSR count). The van der Waals surface area contributed by atoms with Crippen LogP contribution in [0.3, 0.4) is 0 Å². The van der Waals surface area contributed by atoms with E-state index in [2.05, 4.69) is 14.8 Å². The molecule has 0 aliphatic rings. The third-order valence-corrected chi connectivity index (χ3v) is 2.65. The predicted molar refractivity (Wildman–Crippen MR) is 71.3 cm³/mol. The zero-order valence-corrected chi connectivity index (χ0v) is 11.6. The quantitative estimate of drug-likeness (QED) is 0.583. The Morgan fingerprint density at radius 2 is 1.52 bits per heavy atom. The van der Waals surface area contributed by atoms with Crippen LogP contribution in [0.4, 0.5) is 0 Å². The van der Waals surface area contributed by atoms with Crippen LogP contribution in [0.15, 0.2) is 30.3 Å². The lowest BCUT2D eigenvalue weighted by Gasteiger charge is -2.12. The van der Waals surface area contributed by atoms with Gasteiger partial charge in [0.15, 0.2) is 5.78 Å². The smallest absolute Gasteiger partial charge is 0.327 e. The molecule has 0 saturated carbocycles. The molecule has 0 saturated heterocycles. The number of carbonyl (C=O) groups excluding carboxylic acids is 4. The van der Waals surface area contributed by atoms with Gasteiger partial charge in [-0.25, -0.2) is 0 Å². The number of Topliss-reactive ketones (excluding diaryl/α,β-unsaturated/α-hetero) is 1. The van der Waals surface area contributed by atoms with Crippen molar-refractivity contribution < 1.29 is 28.7 Å². The maximum Gasteiger partial charge on any atom is 0.327 e. The van der Waals surface area contributed by atoms with E-state index in [4.69, 9.17) is 0 Å². The van der Waals surface area contributed by atoms with Crippen LogP contribution in [0.1, 0.15) is 10.4 Å². The minimum Gasteiger partial charge on any atom is -0.468 e. The molecule has 7 nitrogen and oxygen atoms in total. The second-order valence-corrected chi connectivity index (χ2v) is 3.99. The van der Waals surface area contributed by atoms with Gasteiger partial charge in [-0.1, -0.05) is 18.2 Å². The van der Waals surface area contributed by atoms with Crippen molar-refractivity contribution in [1.82, 2.24) is 5.32 Å². The van der Waals surface area contributed by atoms with Crippen molar-refractivity contribution in [1.29, 1.82) is 0 Å². The Morgan fingerprint density at radius 1 is 1.00 bits per heavy atom. The molecule has 1 aromatic carbocycles. The second-order valence-electron chi connectivity index (χ2n) is 3.99. The molecule has 0 radical (unpaired) electrons. The van der Waals surface area contributed by atoms with Gasteiger partial charge in [-0.15, -0.1) is 0 Å². The molecule has 0 aromatic heterocycles. The maximum atomic E-state index is 11.9. The Bertz CT molecular complexity index is 524. The minimum atomic E-state index is -1.70. The lowest BCUT2D eigenvalue weighted by atomic mass is 10.0. The Morgan fingerprint density at radius 3 is 2.00 bits per heavy atom. The summed E-state index contributed by atoms with van der Waals surface area (Å²) in [6.45, 7) is -0.484. The summed E-state index contributed by atoms with van der Waals surface area (Å²) in [6.07, 6.45) is 0. The Labute approximate surface area is 121 Å². The molecular weight excluding hydrogens is 278 g/mol. The van der Waals surface area contributed by atoms with Crippen LogP contribution in [0, 0.1) is 5.92 Å². The highest BCUT2D eigenvalue weighted by atomic mass is 16.5. The molecule has 21 heavy (non-hydrogen) atoms. The zero-order valence-electron chi connectivity index (χ0n) is 11.6. The van der Waals surface area contributed by atoms with E-state index in [0.29, 0.717) is 5.56 Å². The summed E-state index contributed by atoms with van der Waals surface area (Å²) in [4.78, 5) is 46.4. The van der Waals surface area contributed by atoms with E-state index in [1.54, 1.807) is 30.3 Å². The number of hydrogen-bond donors (Lipinski definition) is 1. The molecular formula is C14H15NO6. The third-order valence-electron chi connectivity index (χ3n) is 2.65. The highest BCUT2D eigenvalue weighted by molar-refractivity contribution is 6.16. The fraction of sp³-hybridized carbons (Fsp3) is 0.286. The number of carbonyl (C=O) groups is 4. The first-order valence-corrected chi connectivity index (χ1v) is 6.03. The third kappa shape index (κ3) is 4.41. The number of amides is 1. The zero-order chi connectivity index (χ0) is 15.8. The first kappa shape index (κ1) is 16.4. The summed E-state index contributed by atoms with van der Waals surface area (Å²) in [5, 5.41) is 2.33. The summed E-state index contributed by atoms with van der Waals surface area (Å²) in [6, 6.07) is 8.22. The monoisotopic (exact) mass is 293 g/mol. The molecule has 1 N–H and O–H groups in total. The number of hydrogen-bond acceptors (Lipinski definition) is 6. The van der Waals surface area contributed by atoms with Gasteiger partial charge in [0.25, 0.3) is 5.91 Å². The van der Waals surface area contributed by atoms with Crippen molar-refractivity contribution in [3.8, 4) is 0 Å². The van der Waals surface area contributed by atoms with Crippen LogP contribution in [0.5, 0.6) is 0 Å². The molecule has 0 unspecified atom stereocenters. The van der Waals surface area contributed by atoms with Crippen LogP contribution in [-0.2, 0) is 23.9 Å². The van der Waals surface area contributed by atoms with E-state index in [-0.39, 0.29) is 0 Å². The molecule has 1 aromatic rings. The summed E-state index contributed by atoms with van der Waals surface area (Å²) in [7, 11) is 2.10. The van der Waals surface area contributed by atoms with E-state index < -0.39 is 36.1 Å². The number of methoxy groups -OCH3 is 2. The minimum absolute atomic E-state index is 0.359. The Hall–Kier alpha value is -2.70. The van der Waals surface area contributed by atoms with Crippen molar-refractivity contribution in [3.63, 3.8) is 0 Å². The topological polar surface area (TPSA) is 98.8 Å². The van der Waals surface area contributed by atoms with Crippen molar-refractivity contribution in [2.45, 2.75) is 0 Å². The lowest BCUT2D eigenvalue weighted by Crippen LogP contribution is -2.40. The van der Waals surface area contributed by atoms with Crippen LogP contribution in [-0.4, -0.2) is 44.4 Å². The first-order chi connectivity index (χ1) is 10.0. The number of benzene rings is 1. The van der Waals surface area contributed by atoms with Gasteiger partial charge in [0.05, 0.1) is 20.8 Å². The average Bonchev–Trinajstić information content (AvgIpc) is 2.53. The van der Waals surface area contributed by atoms with Crippen LogP contribution in [0.25, 0.3) is 0 Å². The van der Waals surface area contributed by atoms with Gasteiger partial charge >= 0.3 is 11.9 Å². The SMILES string of the molecule is COC(=O)C(C(=O)CNC(=O)c1ccccc1)C(=O)OC. The van der Waals surface area contributed by atoms with Crippen molar-refractivity contribution in [2.24, 2.45) is 5.92 Å². The number of ether oxygens (including phenoxy) is 2. The molecule has 0 aliphatic heterocycles. The van der Waals surface area contributed by atoms with Crippen LogP contribution < -0.4 is 5.32 Å². The van der Waals surface area contributed by atoms with Gasteiger partial charge in [-0.3, -0.25) is 19.2 Å². The summed E-state index contributed by atoms with van der Waals surface area (Å²) in [5.74, 6) is -5.05. The van der Waals surface area contributed by atoms with Crippen molar-refractivity contribution in [2.75, 3.05) is 20.8 Å². The normalized spacial score (nSPS) is 9.86. The molecule has 1 amide bonds. The Balaban J connectivity index is 2.68. The number of rotatable bonds is 6. The molecule has 112 valence electrons. The summed E-state index contributed by atoms with van der Waals surface area (Å²) >= 11 is 0. The second kappa shape index (κ2) is 7.78. The molecule has 0 fully saturated rings. The molecule has 0 aliphatic carbocycles. The van der Waals surface area contributed by atoms with E-state index in [1.807, 2.05) is 0 Å². The molecule has 0 heterocycles. The predicted octanol–water partition coefficient (Wildman–Crippen LogP) is -0.0523. The van der Waals surface area contributed by atoms with E-state index in [9.17, 15) is 19.2 Å². The summed E-state index contributed by atoms with van der Waals surface area (Å²) in [5.41, 5.74) is 0.359. The van der Waals surface area contributed by atoms with E-state index >= 15 is 0 Å². The molecule has 7 heteroatoms. The van der Waals surface area contributed by atoms with Crippen molar-refractivity contribution >= 4 is 23.6 Å². The van der Waals surface area contributed by atoms with Gasteiger partial charge in [-0.2, -0.15) is 0 Å². The standard InChI is InChI=1S/C14H15NO6/c1-20-13(18)11(14(19)21-2)10(16)8-15-12(17)9-6-4-3-5-7-9/h3-7,11H,8H2,1-2H3,(H,15,17). The van der Waals surface area contributed by atoms with Crippen LogP contribution >= 0.6 is 0 Å².